The van der Waals surface area contributed by atoms with Gasteiger partial charge in [-0.2, -0.15) is 0 Å². The van der Waals surface area contributed by atoms with E-state index in [-0.39, 0.29) is 6.04 Å². The van der Waals surface area contributed by atoms with Crippen LogP contribution < -0.4 is 5.48 Å². The van der Waals surface area contributed by atoms with Gasteiger partial charge in [-0.15, -0.1) is 5.10 Å². The van der Waals surface area contributed by atoms with Gasteiger partial charge >= 0.3 is 0 Å². The van der Waals surface area contributed by atoms with Crippen LogP contribution in [0.4, 0.5) is 0 Å². The molecule has 3 rings (SSSR count). The number of nitrogens with one attached hydrogen (secondary N) is 2. The van der Waals surface area contributed by atoms with E-state index in [0.29, 0.717) is 18.1 Å². The first-order chi connectivity index (χ1) is 11.7. The first-order valence-electron chi connectivity index (χ1n) is 7.19. The highest BCUT2D eigenvalue weighted by molar-refractivity contribution is 5.90. The molecular formula is C15H16N6O3. The molecule has 2 heterocycles. The predicted octanol–water partition coefficient (Wildman–Crippen LogP) is 0.909. The van der Waals surface area contributed by atoms with Crippen LogP contribution in [-0.4, -0.2) is 49.8 Å². The van der Waals surface area contributed by atoms with Crippen LogP contribution in [0.5, 0.6) is 0 Å². The number of rotatable bonds is 6. The molecule has 0 saturated heterocycles. The number of hydrogen-bond donors (Lipinski definition) is 3. The van der Waals surface area contributed by atoms with Gasteiger partial charge in [-0.05, 0) is 18.2 Å². The maximum absolute atomic E-state index is 11.0. The number of aromatic nitrogens is 5. The lowest BCUT2D eigenvalue weighted by Crippen LogP contribution is -2.18. The van der Waals surface area contributed by atoms with Crippen LogP contribution in [0.15, 0.2) is 36.5 Å². The third kappa shape index (κ3) is 3.31. The Hall–Kier alpha value is -3.04. The summed E-state index contributed by atoms with van der Waals surface area (Å²) < 4.78 is 6.88. The minimum Gasteiger partial charge on any atom is -0.382 e. The molecule has 124 valence electrons. The Morgan fingerprint density at radius 2 is 2.33 bits per heavy atom. The van der Waals surface area contributed by atoms with Gasteiger partial charge in [-0.3, -0.25) is 10.0 Å². The highest BCUT2D eigenvalue weighted by Crippen LogP contribution is 2.19. The smallest absolute Gasteiger partial charge is 0.267 e. The Morgan fingerprint density at radius 1 is 1.50 bits per heavy atom. The van der Waals surface area contributed by atoms with Crippen LogP contribution in [0.25, 0.3) is 17.1 Å². The summed E-state index contributed by atoms with van der Waals surface area (Å²) in [5.74, 6) is 0.0573. The zero-order valence-corrected chi connectivity index (χ0v) is 12.9. The van der Waals surface area contributed by atoms with Crippen LogP contribution in [0.3, 0.4) is 0 Å². The number of para-hydroxylation sites is 2. The van der Waals surface area contributed by atoms with E-state index in [4.69, 9.17) is 9.94 Å². The molecule has 1 amide bonds. The number of hydroxylamine groups is 1. The Bertz CT molecular complexity index is 836. The quantitative estimate of drug-likeness (QED) is 0.352. The van der Waals surface area contributed by atoms with Gasteiger partial charge in [0.1, 0.15) is 17.6 Å². The minimum absolute atomic E-state index is 0.288. The number of nitrogens with zero attached hydrogens (tertiary/aromatic N) is 4. The standard InChI is InChI=1S/C15H16N6O3/c1-24-9-13(15-16-11-4-2-3-5-12(11)17-15)21-8-10(18-20-21)6-7-14(22)19-23/h2-8,13,23H,9H2,1H3,(H,16,17)(H,19,22). The maximum Gasteiger partial charge on any atom is 0.267 e. The largest absolute Gasteiger partial charge is 0.382 e. The van der Waals surface area contributed by atoms with Gasteiger partial charge in [0.2, 0.25) is 0 Å². The number of H-pyrrole nitrogens is 1. The van der Waals surface area contributed by atoms with Crippen molar-refractivity contribution in [2.75, 3.05) is 13.7 Å². The number of aromatic amines is 1. The predicted molar refractivity (Wildman–Crippen MR) is 85.1 cm³/mol. The van der Waals surface area contributed by atoms with E-state index >= 15 is 0 Å². The molecule has 0 aliphatic heterocycles. The monoisotopic (exact) mass is 328 g/mol. The van der Waals surface area contributed by atoms with Crippen molar-refractivity contribution in [3.8, 4) is 0 Å². The Morgan fingerprint density at radius 3 is 3.08 bits per heavy atom. The van der Waals surface area contributed by atoms with Crippen molar-refractivity contribution in [2.24, 2.45) is 0 Å². The molecule has 0 fully saturated rings. The molecule has 0 saturated carbocycles. The van der Waals surface area contributed by atoms with E-state index in [2.05, 4.69) is 20.3 Å². The number of benzene rings is 1. The second-order valence-electron chi connectivity index (χ2n) is 5.04. The van der Waals surface area contributed by atoms with Crippen LogP contribution in [0, 0.1) is 0 Å². The van der Waals surface area contributed by atoms with Crippen molar-refractivity contribution in [3.05, 3.63) is 48.1 Å². The summed E-state index contributed by atoms with van der Waals surface area (Å²) in [4.78, 5) is 18.8. The first kappa shape index (κ1) is 15.8. The number of carbonyl (C=O) groups is 1. The van der Waals surface area contributed by atoms with Gasteiger partial charge < -0.3 is 9.72 Å². The van der Waals surface area contributed by atoms with E-state index in [1.807, 2.05) is 24.3 Å². The highest BCUT2D eigenvalue weighted by atomic mass is 16.5. The van der Waals surface area contributed by atoms with Crippen molar-refractivity contribution < 1.29 is 14.7 Å². The highest BCUT2D eigenvalue weighted by Gasteiger charge is 2.19. The lowest BCUT2D eigenvalue weighted by atomic mass is 10.3. The average molecular weight is 328 g/mol. The summed E-state index contributed by atoms with van der Waals surface area (Å²) >= 11 is 0. The van der Waals surface area contributed by atoms with Gasteiger partial charge in [-0.1, -0.05) is 17.3 Å². The molecule has 1 aromatic carbocycles. The van der Waals surface area contributed by atoms with E-state index in [9.17, 15) is 4.79 Å². The summed E-state index contributed by atoms with van der Waals surface area (Å²) in [5, 5.41) is 16.5. The molecule has 9 heteroatoms. The molecule has 24 heavy (non-hydrogen) atoms. The molecule has 0 bridgehead atoms. The maximum atomic E-state index is 11.0. The van der Waals surface area contributed by atoms with Crippen LogP contribution in [0.1, 0.15) is 17.6 Å². The summed E-state index contributed by atoms with van der Waals surface area (Å²) in [6, 6.07) is 7.42. The van der Waals surface area contributed by atoms with Gasteiger partial charge in [-0.25, -0.2) is 15.1 Å². The zero-order valence-electron chi connectivity index (χ0n) is 12.9. The van der Waals surface area contributed by atoms with Gasteiger partial charge in [0.05, 0.1) is 23.8 Å². The fourth-order valence-electron chi connectivity index (χ4n) is 2.29. The molecular weight excluding hydrogens is 312 g/mol. The Balaban J connectivity index is 1.89. The van der Waals surface area contributed by atoms with Crippen LogP contribution in [0.2, 0.25) is 0 Å². The lowest BCUT2D eigenvalue weighted by molar-refractivity contribution is -0.124. The summed E-state index contributed by atoms with van der Waals surface area (Å²) in [6.07, 6.45) is 4.26. The molecule has 0 aliphatic rings. The van der Waals surface area contributed by atoms with E-state index < -0.39 is 5.91 Å². The van der Waals surface area contributed by atoms with Crippen molar-refractivity contribution in [3.63, 3.8) is 0 Å². The van der Waals surface area contributed by atoms with Crippen molar-refractivity contribution in [2.45, 2.75) is 6.04 Å². The molecule has 3 aromatic rings. The summed E-state index contributed by atoms with van der Waals surface area (Å²) in [6.45, 7) is 0.351. The van der Waals surface area contributed by atoms with Crippen LogP contribution >= 0.6 is 0 Å². The van der Waals surface area contributed by atoms with Crippen molar-refractivity contribution >= 4 is 23.0 Å². The second kappa shape index (κ2) is 7.02. The molecule has 2 aromatic heterocycles. The molecule has 0 aliphatic carbocycles. The number of methoxy groups -OCH3 is 1. The molecule has 9 nitrogen and oxygen atoms in total. The van der Waals surface area contributed by atoms with E-state index in [1.165, 1.54) is 11.6 Å². The Labute approximate surface area is 136 Å². The molecule has 1 atom stereocenters. The topological polar surface area (TPSA) is 118 Å². The van der Waals surface area contributed by atoms with Crippen molar-refractivity contribution in [1.29, 1.82) is 0 Å². The van der Waals surface area contributed by atoms with Crippen molar-refractivity contribution in [1.82, 2.24) is 30.4 Å². The minimum atomic E-state index is -0.643. The third-order valence-corrected chi connectivity index (χ3v) is 3.41. The average Bonchev–Trinajstić information content (AvgIpc) is 3.24. The normalized spacial score (nSPS) is 12.8. The number of hydrogen-bond acceptors (Lipinski definition) is 6. The third-order valence-electron chi connectivity index (χ3n) is 3.41. The first-order valence-corrected chi connectivity index (χ1v) is 7.19. The molecule has 3 N–H and O–H groups in total. The fraction of sp³-hybridized carbons (Fsp3) is 0.200. The number of fused-ring (bicyclic) bond motifs is 1. The van der Waals surface area contributed by atoms with E-state index in [1.54, 1.807) is 18.0 Å². The molecule has 0 radical (unpaired) electrons. The fourth-order valence-corrected chi connectivity index (χ4v) is 2.29. The second-order valence-corrected chi connectivity index (χ2v) is 5.04. The SMILES string of the molecule is COCC(c1nc2ccccc2[nH]1)n1cc(C=CC(=O)NO)nn1. The molecule has 0 spiro atoms. The number of ether oxygens (including phenoxy) is 1. The van der Waals surface area contributed by atoms with Gasteiger partial charge in [0, 0.05) is 13.2 Å². The molecule has 1 unspecified atom stereocenters. The number of carbonyl (C=O) groups excluding carboxylic acids is 1. The lowest BCUT2D eigenvalue weighted by Gasteiger charge is -2.12. The van der Waals surface area contributed by atoms with Gasteiger partial charge in [0.25, 0.3) is 5.91 Å². The van der Waals surface area contributed by atoms with E-state index in [0.717, 1.165) is 17.1 Å². The number of imidazole rings is 1. The van der Waals surface area contributed by atoms with Crippen LogP contribution in [-0.2, 0) is 9.53 Å². The van der Waals surface area contributed by atoms with Gasteiger partial charge in [0.15, 0.2) is 0 Å². The summed E-state index contributed by atoms with van der Waals surface area (Å²) in [5.41, 5.74) is 3.76. The Kier molecular flexibility index (Phi) is 4.64. The zero-order chi connectivity index (χ0) is 16.9. The summed E-state index contributed by atoms with van der Waals surface area (Å²) in [7, 11) is 1.60. The number of amides is 1.